The van der Waals surface area contributed by atoms with Crippen LogP contribution < -0.4 is 9.47 Å². The molecule has 0 heterocycles. The van der Waals surface area contributed by atoms with Gasteiger partial charge in [-0.2, -0.15) is 0 Å². The van der Waals surface area contributed by atoms with Crippen molar-refractivity contribution in [3.63, 3.8) is 0 Å². The fourth-order valence-corrected chi connectivity index (χ4v) is 2.35. The van der Waals surface area contributed by atoms with Crippen molar-refractivity contribution in [1.29, 1.82) is 0 Å². The molecule has 0 saturated carbocycles. The number of rotatable bonds is 8. The van der Waals surface area contributed by atoms with Crippen molar-refractivity contribution in [3.05, 3.63) is 29.8 Å². The number of methoxy groups -OCH3 is 3. The highest BCUT2D eigenvalue weighted by Crippen LogP contribution is 2.25. The molecule has 1 unspecified atom stereocenters. The number of esters is 1. The van der Waals surface area contributed by atoms with Crippen LogP contribution >= 0.6 is 0 Å². The van der Waals surface area contributed by atoms with Crippen molar-refractivity contribution in [2.75, 3.05) is 27.9 Å². The van der Waals surface area contributed by atoms with Crippen molar-refractivity contribution in [3.8, 4) is 11.5 Å². The molecule has 0 aliphatic carbocycles. The van der Waals surface area contributed by atoms with Gasteiger partial charge in [-0.3, -0.25) is 9.59 Å². The summed E-state index contributed by atoms with van der Waals surface area (Å²) < 4.78 is 15.2. The second-order valence-electron chi connectivity index (χ2n) is 5.95. The molecule has 0 radical (unpaired) electrons. The minimum Gasteiger partial charge on any atom is -0.497 e. The fraction of sp³-hybridized carbons (Fsp3) is 0.474. The van der Waals surface area contributed by atoms with Gasteiger partial charge < -0.3 is 19.1 Å². The molecule has 0 saturated heterocycles. The monoisotopic (exact) mass is 349 g/mol. The van der Waals surface area contributed by atoms with Gasteiger partial charge in [0.05, 0.1) is 27.2 Å². The number of hydrogen-bond donors (Lipinski definition) is 0. The molecule has 0 aliphatic heterocycles. The maximum absolute atomic E-state index is 12.6. The van der Waals surface area contributed by atoms with Crippen LogP contribution in [0.15, 0.2) is 24.3 Å². The van der Waals surface area contributed by atoms with E-state index in [1.807, 2.05) is 13.8 Å². The Kier molecular flexibility index (Phi) is 7.98. The first kappa shape index (κ1) is 20.5. The average molecular weight is 349 g/mol. The number of carbonyl (C=O) groups is 2. The molecule has 1 rings (SSSR count). The van der Waals surface area contributed by atoms with Gasteiger partial charge in [-0.15, -0.1) is 0 Å². The van der Waals surface area contributed by atoms with Crippen LogP contribution in [-0.2, 0) is 14.3 Å². The average Bonchev–Trinajstić information content (AvgIpc) is 2.62. The summed E-state index contributed by atoms with van der Waals surface area (Å²) in [4.78, 5) is 25.8. The van der Waals surface area contributed by atoms with Gasteiger partial charge in [0, 0.05) is 24.2 Å². The molecule has 1 amide bonds. The van der Waals surface area contributed by atoms with Crippen LogP contribution in [0.25, 0.3) is 6.08 Å². The summed E-state index contributed by atoms with van der Waals surface area (Å²) in [6.07, 6.45) is 3.16. The molecule has 1 aromatic rings. The molecule has 138 valence electrons. The summed E-state index contributed by atoms with van der Waals surface area (Å²) in [6.45, 7) is 5.84. The lowest BCUT2D eigenvalue weighted by Crippen LogP contribution is -2.40. The highest BCUT2D eigenvalue weighted by molar-refractivity contribution is 5.92. The molecule has 0 spiro atoms. The van der Waals surface area contributed by atoms with E-state index in [2.05, 4.69) is 0 Å². The van der Waals surface area contributed by atoms with Gasteiger partial charge in [0.2, 0.25) is 5.91 Å². The summed E-state index contributed by atoms with van der Waals surface area (Å²) in [5, 5.41) is 0. The number of carbonyl (C=O) groups excluding carboxylic acids is 2. The zero-order valence-electron chi connectivity index (χ0n) is 15.7. The Bertz CT molecular complexity index is 624. The van der Waals surface area contributed by atoms with Crippen molar-refractivity contribution in [1.82, 2.24) is 4.90 Å². The molecule has 0 aromatic heterocycles. The highest BCUT2D eigenvalue weighted by Gasteiger charge is 2.22. The molecule has 6 heteroatoms. The molecule has 0 fully saturated rings. The van der Waals surface area contributed by atoms with Gasteiger partial charge in [0.1, 0.15) is 11.5 Å². The smallest absolute Gasteiger partial charge is 0.310 e. The van der Waals surface area contributed by atoms with Crippen LogP contribution in [-0.4, -0.2) is 50.7 Å². The van der Waals surface area contributed by atoms with E-state index in [0.717, 1.165) is 5.56 Å². The third kappa shape index (κ3) is 5.81. The van der Waals surface area contributed by atoms with E-state index in [-0.39, 0.29) is 17.9 Å². The third-order valence-electron chi connectivity index (χ3n) is 3.82. The van der Waals surface area contributed by atoms with E-state index in [4.69, 9.17) is 14.2 Å². The normalized spacial score (nSPS) is 12.1. The molecule has 25 heavy (non-hydrogen) atoms. The van der Waals surface area contributed by atoms with Gasteiger partial charge in [0.25, 0.3) is 0 Å². The van der Waals surface area contributed by atoms with Crippen molar-refractivity contribution in [2.45, 2.75) is 26.8 Å². The summed E-state index contributed by atoms with van der Waals surface area (Å²) >= 11 is 0. The molecule has 0 N–H and O–H groups in total. The number of amides is 1. The van der Waals surface area contributed by atoms with Crippen LogP contribution in [0.1, 0.15) is 26.3 Å². The minimum absolute atomic E-state index is 0.0449. The predicted molar refractivity (Wildman–Crippen MR) is 96.6 cm³/mol. The van der Waals surface area contributed by atoms with Gasteiger partial charge in [-0.1, -0.05) is 6.92 Å². The number of hydrogen-bond acceptors (Lipinski definition) is 5. The van der Waals surface area contributed by atoms with E-state index >= 15 is 0 Å². The Morgan fingerprint density at radius 3 is 2.32 bits per heavy atom. The molecular formula is C19H27NO5. The van der Waals surface area contributed by atoms with Gasteiger partial charge in [-0.25, -0.2) is 0 Å². The van der Waals surface area contributed by atoms with E-state index in [0.29, 0.717) is 18.0 Å². The second-order valence-corrected chi connectivity index (χ2v) is 5.95. The van der Waals surface area contributed by atoms with Crippen LogP contribution in [0, 0.1) is 5.92 Å². The van der Waals surface area contributed by atoms with Gasteiger partial charge in [0.15, 0.2) is 0 Å². The van der Waals surface area contributed by atoms with Gasteiger partial charge >= 0.3 is 5.97 Å². The largest absolute Gasteiger partial charge is 0.497 e. The van der Waals surface area contributed by atoms with E-state index in [1.165, 1.54) is 13.2 Å². The predicted octanol–water partition coefficient (Wildman–Crippen LogP) is 2.76. The first-order valence-electron chi connectivity index (χ1n) is 8.12. The lowest BCUT2D eigenvalue weighted by molar-refractivity contribution is -0.146. The fourth-order valence-electron chi connectivity index (χ4n) is 2.35. The third-order valence-corrected chi connectivity index (χ3v) is 3.82. The summed E-state index contributed by atoms with van der Waals surface area (Å²) in [6, 6.07) is 5.31. The van der Waals surface area contributed by atoms with Crippen LogP contribution in [0.2, 0.25) is 0 Å². The van der Waals surface area contributed by atoms with E-state index in [1.54, 1.807) is 50.3 Å². The van der Waals surface area contributed by atoms with Crippen molar-refractivity contribution < 1.29 is 23.8 Å². The summed E-state index contributed by atoms with van der Waals surface area (Å²) in [5.74, 6) is 0.403. The SMILES string of the molecule is COC(=O)C(C)CN(C(=O)/C=C/c1cc(OC)ccc1OC)C(C)C. The molecule has 1 aromatic carbocycles. The first-order chi connectivity index (χ1) is 11.8. The number of benzene rings is 1. The zero-order chi connectivity index (χ0) is 19.0. The Labute approximate surface area is 149 Å². The molecule has 1 atom stereocenters. The Morgan fingerprint density at radius 2 is 1.80 bits per heavy atom. The lowest BCUT2D eigenvalue weighted by Gasteiger charge is -2.27. The number of nitrogens with zero attached hydrogens (tertiary/aromatic N) is 1. The topological polar surface area (TPSA) is 65.1 Å². The van der Waals surface area contributed by atoms with Crippen molar-refractivity contribution >= 4 is 18.0 Å². The quantitative estimate of drug-likeness (QED) is 0.533. The standard InChI is InChI=1S/C19H27NO5/c1-13(2)20(12-14(3)19(22)25-6)18(21)10-7-15-11-16(23-4)8-9-17(15)24-5/h7-11,13-14H,12H2,1-6H3/b10-7+. The zero-order valence-corrected chi connectivity index (χ0v) is 15.7. The van der Waals surface area contributed by atoms with Crippen LogP contribution in [0.4, 0.5) is 0 Å². The Balaban J connectivity index is 2.96. The second kappa shape index (κ2) is 9.71. The number of ether oxygens (including phenoxy) is 3. The highest BCUT2D eigenvalue weighted by atomic mass is 16.5. The maximum Gasteiger partial charge on any atom is 0.310 e. The minimum atomic E-state index is -0.392. The van der Waals surface area contributed by atoms with Crippen LogP contribution in [0.5, 0.6) is 11.5 Å². The molecule has 0 bridgehead atoms. The molecular weight excluding hydrogens is 322 g/mol. The summed E-state index contributed by atoms with van der Waals surface area (Å²) in [5.41, 5.74) is 0.736. The summed E-state index contributed by atoms with van der Waals surface area (Å²) in [7, 11) is 4.49. The Morgan fingerprint density at radius 1 is 1.12 bits per heavy atom. The Hall–Kier alpha value is -2.50. The van der Waals surface area contributed by atoms with Crippen molar-refractivity contribution in [2.24, 2.45) is 5.92 Å². The van der Waals surface area contributed by atoms with E-state index < -0.39 is 5.92 Å². The van der Waals surface area contributed by atoms with Crippen LogP contribution in [0.3, 0.4) is 0 Å². The first-order valence-corrected chi connectivity index (χ1v) is 8.12. The van der Waals surface area contributed by atoms with E-state index in [9.17, 15) is 9.59 Å². The lowest BCUT2D eigenvalue weighted by atomic mass is 10.1. The molecule has 6 nitrogen and oxygen atoms in total. The van der Waals surface area contributed by atoms with Gasteiger partial charge in [-0.05, 0) is 38.1 Å². The maximum atomic E-state index is 12.6. The molecule has 0 aliphatic rings.